The zero-order valence-electron chi connectivity index (χ0n) is 11.2. The summed E-state index contributed by atoms with van der Waals surface area (Å²) < 4.78 is 52.7. The van der Waals surface area contributed by atoms with Crippen LogP contribution in [-0.2, 0) is 9.84 Å². The molecule has 0 fully saturated rings. The summed E-state index contributed by atoms with van der Waals surface area (Å²) in [6, 6.07) is 4.49. The highest BCUT2D eigenvalue weighted by atomic mass is 32.2. The van der Waals surface area contributed by atoms with Gasteiger partial charge < -0.3 is 4.42 Å². The van der Waals surface area contributed by atoms with Gasteiger partial charge in [-0.25, -0.2) is 13.4 Å². The SMILES string of the molecule is CCS(=O)(=O)c1ccc2oc(SCCC=C(F)F)nc2c1. The summed E-state index contributed by atoms with van der Waals surface area (Å²) in [5.41, 5.74) is 0.916. The number of hydrogen-bond acceptors (Lipinski definition) is 5. The van der Waals surface area contributed by atoms with Crippen molar-refractivity contribution in [3.8, 4) is 0 Å². The highest BCUT2D eigenvalue weighted by Gasteiger charge is 2.14. The van der Waals surface area contributed by atoms with Crippen LogP contribution in [0.25, 0.3) is 11.1 Å². The van der Waals surface area contributed by atoms with Crippen LogP contribution < -0.4 is 0 Å². The molecule has 0 N–H and O–H groups in total. The lowest BCUT2D eigenvalue weighted by atomic mass is 10.3. The molecule has 2 rings (SSSR count). The third-order valence-corrected chi connectivity index (χ3v) is 5.31. The second-order valence-electron chi connectivity index (χ2n) is 4.14. The summed E-state index contributed by atoms with van der Waals surface area (Å²) in [5.74, 6) is 0.420. The van der Waals surface area contributed by atoms with Gasteiger partial charge in [-0.1, -0.05) is 18.7 Å². The molecule has 0 aliphatic carbocycles. The minimum atomic E-state index is -3.29. The van der Waals surface area contributed by atoms with Crippen LogP contribution in [0.2, 0.25) is 0 Å². The van der Waals surface area contributed by atoms with Crippen LogP contribution in [0.1, 0.15) is 13.3 Å². The number of sulfone groups is 1. The fourth-order valence-electron chi connectivity index (χ4n) is 1.62. The molecule has 1 aromatic heterocycles. The number of nitrogens with zero attached hydrogens (tertiary/aromatic N) is 1. The number of hydrogen-bond donors (Lipinski definition) is 0. The summed E-state index contributed by atoms with van der Waals surface area (Å²) in [4.78, 5) is 4.36. The van der Waals surface area contributed by atoms with Crippen molar-refractivity contribution in [3.05, 3.63) is 30.4 Å². The third kappa shape index (κ3) is 4.04. The Bertz CT molecular complexity index is 765. The predicted molar refractivity (Wildman–Crippen MR) is 77.4 cm³/mol. The van der Waals surface area contributed by atoms with Crippen molar-refractivity contribution >= 4 is 32.7 Å². The number of halogens is 2. The van der Waals surface area contributed by atoms with Gasteiger partial charge in [0, 0.05) is 5.75 Å². The molecule has 0 saturated heterocycles. The largest absolute Gasteiger partial charge is 0.431 e. The van der Waals surface area contributed by atoms with Crippen LogP contribution in [0.5, 0.6) is 0 Å². The Morgan fingerprint density at radius 3 is 2.86 bits per heavy atom. The Labute approximate surface area is 125 Å². The van der Waals surface area contributed by atoms with E-state index in [-0.39, 0.29) is 17.1 Å². The number of rotatable bonds is 6. The maximum Gasteiger partial charge on any atom is 0.266 e. The molecular formula is C13H13F2NO3S2. The van der Waals surface area contributed by atoms with Gasteiger partial charge in [-0.2, -0.15) is 8.78 Å². The summed E-state index contributed by atoms with van der Waals surface area (Å²) in [6.45, 7) is 1.57. The number of oxazole rings is 1. The lowest BCUT2D eigenvalue weighted by Gasteiger charge is -1.99. The van der Waals surface area contributed by atoms with Gasteiger partial charge in [0.25, 0.3) is 11.3 Å². The fraction of sp³-hybridized carbons (Fsp3) is 0.308. The molecule has 0 radical (unpaired) electrons. The molecular weight excluding hydrogens is 320 g/mol. The second kappa shape index (κ2) is 6.57. The number of benzene rings is 1. The Balaban J connectivity index is 2.17. The van der Waals surface area contributed by atoms with Crippen molar-refractivity contribution in [3.63, 3.8) is 0 Å². The van der Waals surface area contributed by atoms with Gasteiger partial charge in [-0.15, -0.1) is 0 Å². The van der Waals surface area contributed by atoms with Crippen molar-refractivity contribution < 1.29 is 21.6 Å². The van der Waals surface area contributed by atoms with Crippen LogP contribution in [-0.4, -0.2) is 24.9 Å². The summed E-state index contributed by atoms with van der Waals surface area (Å²) in [5, 5.41) is 0.337. The van der Waals surface area contributed by atoms with Gasteiger partial charge in [-0.05, 0) is 30.7 Å². The zero-order valence-corrected chi connectivity index (χ0v) is 12.8. The van der Waals surface area contributed by atoms with Crippen molar-refractivity contribution in [2.75, 3.05) is 11.5 Å². The van der Waals surface area contributed by atoms with E-state index >= 15 is 0 Å². The van der Waals surface area contributed by atoms with E-state index in [0.29, 0.717) is 22.1 Å². The molecule has 114 valence electrons. The molecule has 0 aliphatic heterocycles. The lowest BCUT2D eigenvalue weighted by Crippen LogP contribution is -2.03. The summed E-state index contributed by atoms with van der Waals surface area (Å²) in [7, 11) is -3.29. The topological polar surface area (TPSA) is 60.2 Å². The number of thioether (sulfide) groups is 1. The Kier molecular flexibility index (Phi) is 5.00. The van der Waals surface area contributed by atoms with Crippen LogP contribution in [0.15, 0.2) is 44.9 Å². The van der Waals surface area contributed by atoms with Crippen LogP contribution in [0, 0.1) is 0 Å². The molecule has 2 aromatic rings. The molecule has 0 aliphatic rings. The van der Waals surface area contributed by atoms with Crippen molar-refractivity contribution in [2.24, 2.45) is 0 Å². The third-order valence-electron chi connectivity index (χ3n) is 2.72. The predicted octanol–water partition coefficient (Wildman–Crippen LogP) is 3.88. The van der Waals surface area contributed by atoms with E-state index in [0.717, 1.165) is 6.08 Å². The van der Waals surface area contributed by atoms with E-state index in [2.05, 4.69) is 4.98 Å². The first-order chi connectivity index (χ1) is 9.92. The van der Waals surface area contributed by atoms with Crippen LogP contribution in [0.4, 0.5) is 8.78 Å². The van der Waals surface area contributed by atoms with Crippen molar-refractivity contribution in [1.29, 1.82) is 0 Å². The maximum absolute atomic E-state index is 11.9. The first-order valence-electron chi connectivity index (χ1n) is 6.19. The molecule has 0 spiro atoms. The minimum Gasteiger partial charge on any atom is -0.431 e. The lowest BCUT2D eigenvalue weighted by molar-refractivity contribution is 0.418. The minimum absolute atomic E-state index is 0.0130. The standard InChI is InChI=1S/C13H13F2NO3S2/c1-2-21(17,18)9-5-6-11-10(8-9)16-13(19-11)20-7-3-4-12(14)15/h4-6,8H,2-3,7H2,1H3. The van der Waals surface area contributed by atoms with Gasteiger partial charge in [0.05, 0.1) is 10.6 Å². The smallest absolute Gasteiger partial charge is 0.266 e. The van der Waals surface area contributed by atoms with E-state index < -0.39 is 15.9 Å². The fourth-order valence-corrected chi connectivity index (χ4v) is 3.24. The Morgan fingerprint density at radius 1 is 1.43 bits per heavy atom. The Hall–Kier alpha value is -1.41. The molecule has 0 bridgehead atoms. The van der Waals surface area contributed by atoms with Crippen molar-refractivity contribution in [2.45, 2.75) is 23.5 Å². The van der Waals surface area contributed by atoms with E-state index in [4.69, 9.17) is 4.42 Å². The van der Waals surface area contributed by atoms with Crippen LogP contribution >= 0.6 is 11.8 Å². The number of fused-ring (bicyclic) bond motifs is 1. The zero-order chi connectivity index (χ0) is 15.5. The molecule has 21 heavy (non-hydrogen) atoms. The molecule has 0 amide bonds. The Morgan fingerprint density at radius 2 is 2.19 bits per heavy atom. The molecule has 0 unspecified atom stereocenters. The highest BCUT2D eigenvalue weighted by Crippen LogP contribution is 2.26. The average molecular weight is 333 g/mol. The van der Waals surface area contributed by atoms with E-state index in [1.807, 2.05) is 0 Å². The average Bonchev–Trinajstić information content (AvgIpc) is 2.85. The maximum atomic E-state index is 11.9. The van der Waals surface area contributed by atoms with Crippen molar-refractivity contribution in [1.82, 2.24) is 4.98 Å². The molecule has 0 saturated carbocycles. The van der Waals surface area contributed by atoms with E-state index in [1.165, 1.54) is 23.9 Å². The quantitative estimate of drug-likeness (QED) is 0.593. The van der Waals surface area contributed by atoms with Gasteiger partial charge >= 0.3 is 0 Å². The second-order valence-corrected chi connectivity index (χ2v) is 7.47. The molecule has 4 nitrogen and oxygen atoms in total. The van der Waals surface area contributed by atoms with Gasteiger partial charge in [-0.3, -0.25) is 0 Å². The van der Waals surface area contributed by atoms with E-state index in [9.17, 15) is 17.2 Å². The number of allylic oxidation sites excluding steroid dienone is 1. The monoisotopic (exact) mass is 333 g/mol. The van der Waals surface area contributed by atoms with Gasteiger partial charge in [0.1, 0.15) is 5.52 Å². The first-order valence-corrected chi connectivity index (χ1v) is 8.83. The van der Waals surface area contributed by atoms with E-state index in [1.54, 1.807) is 13.0 Å². The molecule has 0 atom stereocenters. The summed E-state index contributed by atoms with van der Waals surface area (Å²) in [6.07, 6.45) is -0.662. The molecule has 8 heteroatoms. The normalized spacial score (nSPS) is 11.8. The molecule has 1 aromatic carbocycles. The first kappa shape index (κ1) is 16.0. The summed E-state index contributed by atoms with van der Waals surface area (Å²) >= 11 is 1.20. The van der Waals surface area contributed by atoms with Gasteiger partial charge in [0.2, 0.25) is 0 Å². The molecule has 1 heterocycles. The van der Waals surface area contributed by atoms with Gasteiger partial charge in [0.15, 0.2) is 15.4 Å². The number of aromatic nitrogens is 1. The van der Waals surface area contributed by atoms with Crippen LogP contribution in [0.3, 0.4) is 0 Å². The highest BCUT2D eigenvalue weighted by molar-refractivity contribution is 7.99.